The van der Waals surface area contributed by atoms with Crippen molar-refractivity contribution in [3.8, 4) is 0 Å². The summed E-state index contributed by atoms with van der Waals surface area (Å²) in [5, 5.41) is 0. The van der Waals surface area contributed by atoms with Crippen molar-refractivity contribution in [2.24, 2.45) is 10.8 Å². The van der Waals surface area contributed by atoms with Gasteiger partial charge >= 0.3 is 23.9 Å². The van der Waals surface area contributed by atoms with E-state index in [-0.39, 0.29) is 11.1 Å². The van der Waals surface area contributed by atoms with E-state index in [0.29, 0.717) is 25.7 Å². The molecule has 3 fully saturated rings. The van der Waals surface area contributed by atoms with Crippen molar-refractivity contribution >= 4 is 23.9 Å². The van der Waals surface area contributed by atoms with Crippen LogP contribution in [0.1, 0.15) is 25.7 Å². The highest BCUT2D eigenvalue weighted by Gasteiger charge is 2.70. The smallest absolute Gasteiger partial charge is 0.343 e. The second-order valence-electron chi connectivity index (χ2n) is 5.27. The molecule has 92 valence electrons. The maximum atomic E-state index is 11.9. The summed E-state index contributed by atoms with van der Waals surface area (Å²) in [4.78, 5) is 47.3. The Bertz CT molecular complexity index is 536. The summed E-state index contributed by atoms with van der Waals surface area (Å²) in [6.45, 7) is 0. The summed E-state index contributed by atoms with van der Waals surface area (Å²) >= 11 is 0. The zero-order chi connectivity index (χ0) is 12.7. The summed E-state index contributed by atoms with van der Waals surface area (Å²) in [6.07, 6.45) is 1.50. The number of hydrogen-bond donors (Lipinski definition) is 0. The molecule has 3 aliphatic carbocycles. The van der Waals surface area contributed by atoms with Gasteiger partial charge in [0, 0.05) is 0 Å². The van der Waals surface area contributed by atoms with Crippen LogP contribution in [0.15, 0.2) is 11.1 Å². The van der Waals surface area contributed by atoms with Gasteiger partial charge in [-0.3, -0.25) is 9.59 Å². The molecule has 2 saturated heterocycles. The molecule has 5 aliphatic rings. The average molecular weight is 248 g/mol. The van der Waals surface area contributed by atoms with Gasteiger partial charge in [-0.1, -0.05) is 0 Å². The van der Waals surface area contributed by atoms with Gasteiger partial charge in [-0.25, -0.2) is 9.59 Å². The molecule has 2 spiro atoms. The van der Waals surface area contributed by atoms with E-state index in [1.807, 2.05) is 0 Å². The first kappa shape index (κ1) is 9.99. The third-order valence-electron chi connectivity index (χ3n) is 4.72. The highest BCUT2D eigenvalue weighted by atomic mass is 16.6. The Labute approximate surface area is 101 Å². The summed E-state index contributed by atoms with van der Waals surface area (Å²) in [6, 6.07) is 0. The molecular weight excluding hydrogens is 240 g/mol. The van der Waals surface area contributed by atoms with Crippen LogP contribution in [0.4, 0.5) is 0 Å². The number of hydrogen-bond acceptors (Lipinski definition) is 6. The maximum Gasteiger partial charge on any atom is 0.343 e. The first-order valence-corrected chi connectivity index (χ1v) is 5.80. The largest absolute Gasteiger partial charge is 0.389 e. The predicted octanol–water partition coefficient (Wildman–Crippen LogP) is 0.0102. The lowest BCUT2D eigenvalue weighted by atomic mass is 9.52. The van der Waals surface area contributed by atoms with Gasteiger partial charge in [0.15, 0.2) is 0 Å². The highest BCUT2D eigenvalue weighted by Crippen LogP contribution is 2.64. The van der Waals surface area contributed by atoms with E-state index in [9.17, 15) is 19.2 Å². The summed E-state index contributed by atoms with van der Waals surface area (Å²) in [5.74, 6) is -2.75. The molecule has 1 saturated carbocycles. The lowest BCUT2D eigenvalue weighted by molar-refractivity contribution is -0.161. The Morgan fingerprint density at radius 2 is 1.00 bits per heavy atom. The van der Waals surface area contributed by atoms with Gasteiger partial charge in [-0.05, 0) is 25.7 Å². The third kappa shape index (κ3) is 0.757. The van der Waals surface area contributed by atoms with Crippen LogP contribution < -0.4 is 0 Å². The minimum absolute atomic E-state index is 0.0841. The molecule has 2 bridgehead atoms. The number of rotatable bonds is 0. The van der Waals surface area contributed by atoms with E-state index in [1.54, 1.807) is 0 Å². The number of carbonyl (C=O) groups excluding carboxylic acids is 4. The van der Waals surface area contributed by atoms with Crippen LogP contribution in [0.25, 0.3) is 0 Å². The summed E-state index contributed by atoms with van der Waals surface area (Å²) in [7, 11) is 0. The van der Waals surface area contributed by atoms with Crippen molar-refractivity contribution in [1.29, 1.82) is 0 Å². The van der Waals surface area contributed by atoms with E-state index in [2.05, 4.69) is 9.47 Å². The second kappa shape index (κ2) is 2.55. The second-order valence-corrected chi connectivity index (χ2v) is 5.27. The van der Waals surface area contributed by atoms with Crippen molar-refractivity contribution in [3.05, 3.63) is 11.1 Å². The van der Waals surface area contributed by atoms with Crippen LogP contribution in [-0.2, 0) is 28.7 Å². The summed E-state index contributed by atoms with van der Waals surface area (Å²) in [5.41, 5.74) is -1.84. The fourth-order valence-corrected chi connectivity index (χ4v) is 3.76. The Morgan fingerprint density at radius 3 is 1.33 bits per heavy atom. The Kier molecular flexibility index (Phi) is 1.42. The van der Waals surface area contributed by atoms with Gasteiger partial charge in [0.25, 0.3) is 0 Å². The first-order chi connectivity index (χ1) is 8.51. The van der Waals surface area contributed by atoms with Crippen molar-refractivity contribution < 1.29 is 28.7 Å². The maximum absolute atomic E-state index is 11.9. The van der Waals surface area contributed by atoms with Gasteiger partial charge in [0.2, 0.25) is 0 Å². The number of cyclic esters (lactones) is 4. The molecule has 0 unspecified atom stereocenters. The fraction of sp³-hybridized carbons (Fsp3) is 0.500. The molecule has 5 rings (SSSR count). The average Bonchev–Trinajstić information content (AvgIpc) is 2.75. The van der Waals surface area contributed by atoms with Crippen molar-refractivity contribution in [3.63, 3.8) is 0 Å². The lowest BCUT2D eigenvalue weighted by Gasteiger charge is -2.44. The molecule has 0 amide bonds. The van der Waals surface area contributed by atoms with Gasteiger partial charge in [-0.2, -0.15) is 0 Å². The molecule has 6 heteroatoms. The van der Waals surface area contributed by atoms with E-state index < -0.39 is 34.7 Å². The van der Waals surface area contributed by atoms with Crippen LogP contribution in [-0.4, -0.2) is 23.9 Å². The van der Waals surface area contributed by atoms with Crippen LogP contribution >= 0.6 is 0 Å². The molecule has 0 radical (unpaired) electrons. The molecule has 0 aromatic carbocycles. The molecule has 0 aromatic heterocycles. The topological polar surface area (TPSA) is 86.7 Å². The van der Waals surface area contributed by atoms with Crippen LogP contribution in [0.5, 0.6) is 0 Å². The molecule has 0 N–H and O–H groups in total. The number of carbonyl (C=O) groups is 4. The van der Waals surface area contributed by atoms with Gasteiger partial charge in [-0.15, -0.1) is 0 Å². The normalized spacial score (nSPS) is 40.9. The SMILES string of the molecule is O=C1OC(=O)C23CCC4(CC2)C(=O)OC(=O)C4=C13. The molecular formula is C12H8O6. The molecule has 18 heavy (non-hydrogen) atoms. The molecule has 0 aromatic rings. The monoisotopic (exact) mass is 248 g/mol. The minimum atomic E-state index is -1.00. The van der Waals surface area contributed by atoms with Crippen LogP contribution in [0, 0.1) is 10.8 Å². The minimum Gasteiger partial charge on any atom is -0.389 e. The third-order valence-corrected chi connectivity index (χ3v) is 4.72. The number of fused-ring (bicyclic) bond motifs is 2. The zero-order valence-electron chi connectivity index (χ0n) is 9.28. The highest BCUT2D eigenvalue weighted by molar-refractivity contribution is 6.21. The number of esters is 4. The van der Waals surface area contributed by atoms with E-state index in [1.165, 1.54) is 0 Å². The van der Waals surface area contributed by atoms with Crippen LogP contribution in [0.2, 0.25) is 0 Å². The first-order valence-electron chi connectivity index (χ1n) is 5.80. The van der Waals surface area contributed by atoms with Crippen molar-refractivity contribution in [1.82, 2.24) is 0 Å². The van der Waals surface area contributed by atoms with E-state index >= 15 is 0 Å². The molecule has 2 heterocycles. The zero-order valence-corrected chi connectivity index (χ0v) is 9.28. The standard InChI is InChI=1S/C12H8O6/c13-7-5-6-8(14)18-10(16)12(6)2-1-11(5,3-4-12)9(15)17-7/h1-4H2. The Morgan fingerprint density at radius 1 is 0.667 bits per heavy atom. The fourth-order valence-electron chi connectivity index (χ4n) is 3.76. The van der Waals surface area contributed by atoms with Crippen LogP contribution in [0.3, 0.4) is 0 Å². The van der Waals surface area contributed by atoms with Crippen molar-refractivity contribution in [2.45, 2.75) is 25.7 Å². The van der Waals surface area contributed by atoms with Crippen molar-refractivity contribution in [2.75, 3.05) is 0 Å². The quantitative estimate of drug-likeness (QED) is 0.443. The Balaban J connectivity index is 2.10. The van der Waals surface area contributed by atoms with Gasteiger partial charge in [0.1, 0.15) is 10.8 Å². The molecule has 2 aliphatic heterocycles. The summed E-state index contributed by atoms with van der Waals surface area (Å²) < 4.78 is 9.33. The molecule has 6 nitrogen and oxygen atoms in total. The van der Waals surface area contributed by atoms with E-state index in [0.717, 1.165) is 0 Å². The Hall–Kier alpha value is -1.98. The lowest BCUT2D eigenvalue weighted by Crippen LogP contribution is -2.47. The van der Waals surface area contributed by atoms with Gasteiger partial charge in [0.05, 0.1) is 11.1 Å². The van der Waals surface area contributed by atoms with E-state index in [4.69, 9.17) is 0 Å². The number of ether oxygens (including phenoxy) is 2. The predicted molar refractivity (Wildman–Crippen MR) is 52.6 cm³/mol. The molecule has 0 atom stereocenters. The van der Waals surface area contributed by atoms with Gasteiger partial charge < -0.3 is 9.47 Å².